The second kappa shape index (κ2) is 4.56. The molecule has 0 unspecified atom stereocenters. The number of fused-ring (bicyclic) bond motifs is 1. The topological polar surface area (TPSA) is 37.4 Å². The van der Waals surface area contributed by atoms with E-state index in [0.717, 1.165) is 42.6 Å². The summed E-state index contributed by atoms with van der Waals surface area (Å²) in [6.07, 6.45) is 4.47. The van der Waals surface area contributed by atoms with E-state index in [4.69, 9.17) is 0 Å². The molecule has 1 amide bonds. The lowest BCUT2D eigenvalue weighted by atomic mass is 10.0. The quantitative estimate of drug-likeness (QED) is 0.756. The van der Waals surface area contributed by atoms with Crippen LogP contribution in [-0.4, -0.2) is 29.7 Å². The van der Waals surface area contributed by atoms with Crippen LogP contribution >= 0.6 is 0 Å². The molecule has 0 radical (unpaired) electrons. The molecule has 1 heterocycles. The van der Waals surface area contributed by atoms with Gasteiger partial charge in [-0.25, -0.2) is 0 Å². The average molecular weight is 243 g/mol. The Balaban J connectivity index is 1.82. The first-order valence-corrected chi connectivity index (χ1v) is 6.67. The van der Waals surface area contributed by atoms with E-state index in [1.165, 1.54) is 6.42 Å². The summed E-state index contributed by atoms with van der Waals surface area (Å²) >= 11 is 0. The van der Waals surface area contributed by atoms with Crippen LogP contribution in [0.15, 0.2) is 18.2 Å². The zero-order valence-corrected chi connectivity index (χ0v) is 10.4. The van der Waals surface area contributed by atoms with Crippen molar-refractivity contribution in [3.8, 4) is 0 Å². The molecule has 18 heavy (non-hydrogen) atoms. The molecule has 0 aromatic heterocycles. The van der Waals surface area contributed by atoms with E-state index in [1.807, 2.05) is 23.1 Å². The van der Waals surface area contributed by atoms with Crippen molar-refractivity contribution in [1.82, 2.24) is 4.90 Å². The van der Waals surface area contributed by atoms with Crippen LogP contribution in [0.5, 0.6) is 0 Å². The Hall–Kier alpha value is -1.64. The van der Waals surface area contributed by atoms with Crippen LogP contribution in [0, 0.1) is 0 Å². The minimum Gasteiger partial charge on any atom is -0.339 e. The molecule has 0 atom stereocenters. The molecule has 0 N–H and O–H groups in total. The SMILES string of the molecule is O=C1Cc2ccc(C(=O)N3CCCCC3)cc2C1. The lowest BCUT2D eigenvalue weighted by Crippen LogP contribution is -2.35. The van der Waals surface area contributed by atoms with E-state index < -0.39 is 0 Å². The van der Waals surface area contributed by atoms with Gasteiger partial charge in [0.15, 0.2) is 0 Å². The molecule has 1 fully saturated rings. The van der Waals surface area contributed by atoms with Crippen LogP contribution in [-0.2, 0) is 17.6 Å². The van der Waals surface area contributed by atoms with Gasteiger partial charge < -0.3 is 4.90 Å². The molecular weight excluding hydrogens is 226 g/mol. The van der Waals surface area contributed by atoms with Crippen molar-refractivity contribution in [3.05, 3.63) is 34.9 Å². The van der Waals surface area contributed by atoms with Crippen LogP contribution < -0.4 is 0 Å². The first-order chi connectivity index (χ1) is 8.74. The van der Waals surface area contributed by atoms with Crippen molar-refractivity contribution < 1.29 is 9.59 Å². The lowest BCUT2D eigenvalue weighted by molar-refractivity contribution is -0.117. The summed E-state index contributed by atoms with van der Waals surface area (Å²) in [6.45, 7) is 1.74. The third kappa shape index (κ3) is 2.05. The summed E-state index contributed by atoms with van der Waals surface area (Å²) in [5, 5.41) is 0. The van der Waals surface area contributed by atoms with E-state index in [1.54, 1.807) is 0 Å². The highest BCUT2D eigenvalue weighted by Gasteiger charge is 2.22. The third-order valence-electron chi connectivity index (χ3n) is 3.87. The predicted molar refractivity (Wildman–Crippen MR) is 68.6 cm³/mol. The van der Waals surface area contributed by atoms with Gasteiger partial charge in [0.1, 0.15) is 5.78 Å². The molecule has 1 aliphatic heterocycles. The summed E-state index contributed by atoms with van der Waals surface area (Å²) in [4.78, 5) is 25.6. The number of ketones is 1. The van der Waals surface area contributed by atoms with Crippen LogP contribution in [0.25, 0.3) is 0 Å². The molecule has 2 aliphatic rings. The third-order valence-corrected chi connectivity index (χ3v) is 3.87. The Labute approximate surface area is 107 Å². The number of likely N-dealkylation sites (tertiary alicyclic amines) is 1. The number of benzene rings is 1. The van der Waals surface area contributed by atoms with E-state index in [-0.39, 0.29) is 11.7 Å². The Bertz CT molecular complexity index is 501. The maximum absolute atomic E-state index is 12.3. The summed E-state index contributed by atoms with van der Waals surface area (Å²) in [5.74, 6) is 0.379. The molecule has 3 nitrogen and oxygen atoms in total. The number of carbonyl (C=O) groups excluding carboxylic acids is 2. The summed E-state index contributed by atoms with van der Waals surface area (Å²) in [7, 11) is 0. The monoisotopic (exact) mass is 243 g/mol. The molecule has 1 aromatic carbocycles. The molecule has 0 saturated carbocycles. The predicted octanol–water partition coefficient (Wildman–Crippen LogP) is 1.98. The van der Waals surface area contributed by atoms with E-state index in [0.29, 0.717) is 12.8 Å². The Kier molecular flexibility index (Phi) is 2.90. The van der Waals surface area contributed by atoms with Crippen molar-refractivity contribution in [2.24, 2.45) is 0 Å². The number of carbonyl (C=O) groups is 2. The van der Waals surface area contributed by atoms with Crippen LogP contribution in [0.1, 0.15) is 40.7 Å². The van der Waals surface area contributed by atoms with Crippen LogP contribution in [0.2, 0.25) is 0 Å². The highest BCUT2D eigenvalue weighted by Crippen LogP contribution is 2.22. The van der Waals surface area contributed by atoms with Gasteiger partial charge in [-0.15, -0.1) is 0 Å². The fourth-order valence-electron chi connectivity index (χ4n) is 2.86. The number of hydrogen-bond acceptors (Lipinski definition) is 2. The van der Waals surface area contributed by atoms with Gasteiger partial charge in [-0.2, -0.15) is 0 Å². The lowest BCUT2D eigenvalue weighted by Gasteiger charge is -2.26. The summed E-state index contributed by atoms with van der Waals surface area (Å²) in [6, 6.07) is 5.73. The minimum atomic E-state index is 0.122. The van der Waals surface area contributed by atoms with Gasteiger partial charge in [0.05, 0.1) is 0 Å². The maximum atomic E-state index is 12.3. The Morgan fingerprint density at radius 2 is 1.72 bits per heavy atom. The fraction of sp³-hybridized carbons (Fsp3) is 0.467. The number of nitrogens with zero attached hydrogens (tertiary/aromatic N) is 1. The zero-order valence-electron chi connectivity index (χ0n) is 10.4. The van der Waals surface area contributed by atoms with Crippen molar-refractivity contribution in [3.63, 3.8) is 0 Å². The number of Topliss-reactive ketones (excluding diaryl/α,β-unsaturated/α-hetero) is 1. The normalized spacial score (nSPS) is 18.9. The number of piperidine rings is 1. The highest BCUT2D eigenvalue weighted by molar-refractivity contribution is 5.96. The second-order valence-corrected chi connectivity index (χ2v) is 5.23. The molecular formula is C15H17NO2. The average Bonchev–Trinajstić information content (AvgIpc) is 2.78. The molecule has 0 spiro atoms. The first-order valence-electron chi connectivity index (χ1n) is 6.67. The smallest absolute Gasteiger partial charge is 0.253 e. The van der Waals surface area contributed by atoms with Gasteiger partial charge in [-0.05, 0) is 42.5 Å². The van der Waals surface area contributed by atoms with E-state index in [2.05, 4.69) is 0 Å². The van der Waals surface area contributed by atoms with Crippen molar-refractivity contribution in [2.75, 3.05) is 13.1 Å². The minimum absolute atomic E-state index is 0.122. The largest absolute Gasteiger partial charge is 0.339 e. The molecule has 1 saturated heterocycles. The van der Waals surface area contributed by atoms with Crippen molar-refractivity contribution in [1.29, 1.82) is 0 Å². The van der Waals surface area contributed by atoms with Crippen LogP contribution in [0.4, 0.5) is 0 Å². The number of rotatable bonds is 1. The number of amides is 1. The standard InChI is InChI=1S/C15H17NO2/c17-14-9-11-4-5-12(8-13(11)10-14)15(18)16-6-2-1-3-7-16/h4-5,8H,1-3,6-7,9-10H2. The van der Waals surface area contributed by atoms with Crippen molar-refractivity contribution >= 4 is 11.7 Å². The van der Waals surface area contributed by atoms with Gasteiger partial charge >= 0.3 is 0 Å². The van der Waals surface area contributed by atoms with Crippen LogP contribution in [0.3, 0.4) is 0 Å². The Morgan fingerprint density at radius 1 is 1.00 bits per heavy atom. The summed E-state index contributed by atoms with van der Waals surface area (Å²) < 4.78 is 0. The molecule has 0 bridgehead atoms. The molecule has 3 rings (SSSR count). The highest BCUT2D eigenvalue weighted by atomic mass is 16.2. The molecule has 94 valence electrons. The number of hydrogen-bond donors (Lipinski definition) is 0. The van der Waals surface area contributed by atoms with Gasteiger partial charge in [0.2, 0.25) is 0 Å². The van der Waals surface area contributed by atoms with Gasteiger partial charge in [-0.1, -0.05) is 6.07 Å². The van der Waals surface area contributed by atoms with Crippen molar-refractivity contribution in [2.45, 2.75) is 32.1 Å². The maximum Gasteiger partial charge on any atom is 0.253 e. The van der Waals surface area contributed by atoms with E-state index >= 15 is 0 Å². The zero-order chi connectivity index (χ0) is 12.5. The fourth-order valence-corrected chi connectivity index (χ4v) is 2.86. The molecule has 1 aromatic rings. The van der Waals surface area contributed by atoms with Gasteiger partial charge in [0.25, 0.3) is 5.91 Å². The van der Waals surface area contributed by atoms with Gasteiger partial charge in [0, 0.05) is 31.5 Å². The summed E-state index contributed by atoms with van der Waals surface area (Å²) in [5.41, 5.74) is 2.88. The molecule has 3 heteroatoms. The van der Waals surface area contributed by atoms with Gasteiger partial charge in [-0.3, -0.25) is 9.59 Å². The first kappa shape index (κ1) is 11.5. The second-order valence-electron chi connectivity index (χ2n) is 5.23. The molecule has 1 aliphatic carbocycles. The Morgan fingerprint density at radius 3 is 2.50 bits per heavy atom. The van der Waals surface area contributed by atoms with E-state index in [9.17, 15) is 9.59 Å².